The summed E-state index contributed by atoms with van der Waals surface area (Å²) in [4.78, 5) is -0.0419. The normalized spacial score (nSPS) is 10.9. The van der Waals surface area contributed by atoms with Crippen LogP contribution in [0.5, 0.6) is 5.75 Å². The molecule has 0 atom stereocenters. The van der Waals surface area contributed by atoms with E-state index < -0.39 is 10.0 Å². The van der Waals surface area contributed by atoms with E-state index in [9.17, 15) is 8.42 Å². The van der Waals surface area contributed by atoms with Crippen molar-refractivity contribution in [3.05, 3.63) is 18.2 Å². The number of ether oxygens (including phenoxy) is 1. The predicted molar refractivity (Wildman–Crippen MR) is 69.4 cm³/mol. The van der Waals surface area contributed by atoms with Gasteiger partial charge in [0.15, 0.2) is 5.11 Å². The van der Waals surface area contributed by atoms with Crippen LogP contribution in [-0.4, -0.2) is 20.1 Å². The number of anilines is 1. The summed E-state index contributed by atoms with van der Waals surface area (Å²) in [5.74, 6) is 0.452. The number of primary sulfonamides is 1. The molecule has 6 nitrogen and oxygen atoms in total. The summed E-state index contributed by atoms with van der Waals surface area (Å²) in [6.45, 7) is 2.23. The van der Waals surface area contributed by atoms with E-state index in [4.69, 9.17) is 15.6 Å². The number of nitrogens with two attached hydrogens (primary N) is 2. The van der Waals surface area contributed by atoms with E-state index in [0.29, 0.717) is 18.0 Å². The van der Waals surface area contributed by atoms with Gasteiger partial charge in [-0.05, 0) is 37.3 Å². The van der Waals surface area contributed by atoms with Crippen molar-refractivity contribution >= 4 is 33.0 Å². The van der Waals surface area contributed by atoms with Gasteiger partial charge < -0.3 is 15.8 Å². The van der Waals surface area contributed by atoms with Crippen molar-refractivity contribution in [1.82, 2.24) is 0 Å². The largest absolute Gasteiger partial charge is 0.492 e. The van der Waals surface area contributed by atoms with Crippen molar-refractivity contribution < 1.29 is 13.2 Å². The predicted octanol–water partition coefficient (Wildman–Crippen LogP) is 0.388. The summed E-state index contributed by atoms with van der Waals surface area (Å²) in [6.07, 6.45) is 0. The molecule has 1 rings (SSSR count). The van der Waals surface area contributed by atoms with E-state index in [0.717, 1.165) is 0 Å². The van der Waals surface area contributed by atoms with Crippen LogP contribution in [0.2, 0.25) is 0 Å². The minimum Gasteiger partial charge on any atom is -0.492 e. The van der Waals surface area contributed by atoms with Crippen LogP contribution in [0.15, 0.2) is 23.1 Å². The maximum atomic E-state index is 11.2. The summed E-state index contributed by atoms with van der Waals surface area (Å²) >= 11 is 4.69. The molecule has 0 aliphatic heterocycles. The average molecular weight is 275 g/mol. The van der Waals surface area contributed by atoms with Crippen LogP contribution < -0.4 is 20.9 Å². The Kier molecular flexibility index (Phi) is 4.27. The third-order valence-electron chi connectivity index (χ3n) is 1.84. The highest BCUT2D eigenvalue weighted by Crippen LogP contribution is 2.27. The molecule has 5 N–H and O–H groups in total. The van der Waals surface area contributed by atoms with Gasteiger partial charge in [0, 0.05) is 0 Å². The Morgan fingerprint density at radius 2 is 2.18 bits per heavy atom. The van der Waals surface area contributed by atoms with Gasteiger partial charge in [-0.3, -0.25) is 0 Å². The maximum absolute atomic E-state index is 11.2. The van der Waals surface area contributed by atoms with Crippen LogP contribution >= 0.6 is 12.2 Å². The van der Waals surface area contributed by atoms with Crippen LogP contribution in [0.4, 0.5) is 5.69 Å². The second-order valence-corrected chi connectivity index (χ2v) is 5.13. The Bertz CT molecular complexity index is 528. The Balaban J connectivity index is 3.23. The molecule has 8 heteroatoms. The monoisotopic (exact) mass is 275 g/mol. The van der Waals surface area contributed by atoms with E-state index in [1.807, 2.05) is 0 Å². The minimum atomic E-state index is -3.77. The van der Waals surface area contributed by atoms with Crippen molar-refractivity contribution in [3.8, 4) is 5.75 Å². The second kappa shape index (κ2) is 5.30. The van der Waals surface area contributed by atoms with Gasteiger partial charge in [-0.25, -0.2) is 13.6 Å². The highest BCUT2D eigenvalue weighted by molar-refractivity contribution is 7.89. The van der Waals surface area contributed by atoms with Crippen molar-refractivity contribution in [3.63, 3.8) is 0 Å². The molecule has 94 valence electrons. The van der Waals surface area contributed by atoms with Gasteiger partial charge in [-0.15, -0.1) is 0 Å². The molecule has 17 heavy (non-hydrogen) atoms. The Labute approximate surface area is 105 Å². The fourth-order valence-corrected chi connectivity index (χ4v) is 1.85. The lowest BCUT2D eigenvalue weighted by Gasteiger charge is -2.12. The molecule has 0 bridgehead atoms. The maximum Gasteiger partial charge on any atom is 0.238 e. The Hall–Kier alpha value is -1.38. The zero-order valence-corrected chi connectivity index (χ0v) is 10.8. The quantitative estimate of drug-likeness (QED) is 0.686. The van der Waals surface area contributed by atoms with Crippen LogP contribution in [-0.2, 0) is 10.0 Å². The number of nitrogens with one attached hydrogen (secondary N) is 1. The smallest absolute Gasteiger partial charge is 0.238 e. The first-order valence-electron chi connectivity index (χ1n) is 4.70. The first-order chi connectivity index (χ1) is 7.84. The number of sulfonamides is 1. The molecule has 0 fully saturated rings. The highest BCUT2D eigenvalue weighted by atomic mass is 32.2. The first-order valence-corrected chi connectivity index (χ1v) is 6.66. The third kappa shape index (κ3) is 3.84. The van der Waals surface area contributed by atoms with Crippen molar-refractivity contribution in [2.75, 3.05) is 11.9 Å². The van der Waals surface area contributed by atoms with E-state index in [1.54, 1.807) is 6.92 Å². The zero-order chi connectivity index (χ0) is 13.1. The van der Waals surface area contributed by atoms with Crippen molar-refractivity contribution in [2.24, 2.45) is 10.9 Å². The van der Waals surface area contributed by atoms with Gasteiger partial charge in [0.05, 0.1) is 17.2 Å². The lowest BCUT2D eigenvalue weighted by Crippen LogP contribution is -2.20. The summed E-state index contributed by atoms with van der Waals surface area (Å²) in [7, 11) is -3.77. The van der Waals surface area contributed by atoms with E-state index in [1.165, 1.54) is 18.2 Å². The molecule has 1 aromatic carbocycles. The van der Waals surface area contributed by atoms with E-state index >= 15 is 0 Å². The van der Waals surface area contributed by atoms with Crippen LogP contribution in [0.25, 0.3) is 0 Å². The Morgan fingerprint density at radius 1 is 1.53 bits per heavy atom. The van der Waals surface area contributed by atoms with Gasteiger partial charge in [0.1, 0.15) is 5.75 Å². The topological polar surface area (TPSA) is 107 Å². The molecule has 0 amide bonds. The molecule has 1 aromatic rings. The number of benzene rings is 1. The molecule has 0 aliphatic rings. The molecular formula is C9H13N3O3S2. The van der Waals surface area contributed by atoms with Gasteiger partial charge in [-0.2, -0.15) is 0 Å². The highest BCUT2D eigenvalue weighted by Gasteiger charge is 2.12. The van der Waals surface area contributed by atoms with Crippen LogP contribution in [0.1, 0.15) is 6.92 Å². The molecule has 0 aromatic heterocycles. The standard InChI is InChI=1S/C9H13N3O3S2/c1-2-15-8-4-3-6(17(11,13)14)5-7(8)12-9(10)16/h3-5H,2H2,1H3,(H3,10,12,16)(H2,11,13,14). The fraction of sp³-hybridized carbons (Fsp3) is 0.222. The van der Waals surface area contributed by atoms with Crippen LogP contribution in [0, 0.1) is 0 Å². The number of rotatable bonds is 4. The molecule has 0 saturated heterocycles. The molecular weight excluding hydrogens is 262 g/mol. The molecule has 0 radical (unpaired) electrons. The van der Waals surface area contributed by atoms with Crippen molar-refractivity contribution in [2.45, 2.75) is 11.8 Å². The van der Waals surface area contributed by atoms with Crippen molar-refractivity contribution in [1.29, 1.82) is 0 Å². The number of hydrogen-bond acceptors (Lipinski definition) is 4. The van der Waals surface area contributed by atoms with Gasteiger partial charge in [0.25, 0.3) is 0 Å². The van der Waals surface area contributed by atoms with E-state index in [2.05, 4.69) is 17.5 Å². The lowest BCUT2D eigenvalue weighted by atomic mass is 10.3. The molecule has 0 heterocycles. The molecule has 0 aliphatic carbocycles. The van der Waals surface area contributed by atoms with Gasteiger partial charge >= 0.3 is 0 Å². The average Bonchev–Trinajstić information content (AvgIpc) is 2.18. The molecule has 0 saturated carbocycles. The van der Waals surface area contributed by atoms with Gasteiger partial charge in [-0.1, -0.05) is 0 Å². The van der Waals surface area contributed by atoms with Gasteiger partial charge in [0.2, 0.25) is 10.0 Å². The van der Waals surface area contributed by atoms with Crippen LogP contribution in [0.3, 0.4) is 0 Å². The third-order valence-corrected chi connectivity index (χ3v) is 2.85. The summed E-state index contributed by atoms with van der Waals surface area (Å²) < 4.78 is 27.7. The number of hydrogen-bond donors (Lipinski definition) is 3. The second-order valence-electron chi connectivity index (χ2n) is 3.13. The first kappa shape index (κ1) is 13.7. The summed E-state index contributed by atoms with van der Waals surface area (Å²) in [5, 5.41) is 7.67. The lowest BCUT2D eigenvalue weighted by molar-refractivity contribution is 0.342. The molecule has 0 spiro atoms. The summed E-state index contributed by atoms with van der Waals surface area (Å²) in [5.41, 5.74) is 5.70. The summed E-state index contributed by atoms with van der Waals surface area (Å²) in [6, 6.07) is 4.16. The minimum absolute atomic E-state index is 0.0116. The Morgan fingerprint density at radius 3 is 2.65 bits per heavy atom. The fourth-order valence-electron chi connectivity index (χ4n) is 1.20. The molecule has 0 unspecified atom stereocenters. The zero-order valence-electron chi connectivity index (χ0n) is 9.14. The SMILES string of the molecule is CCOc1ccc(S(N)(=O)=O)cc1NC(N)=S. The number of thiocarbonyl (C=S) groups is 1. The van der Waals surface area contributed by atoms with E-state index in [-0.39, 0.29) is 10.0 Å².